The molecule has 1 aromatic carbocycles. The zero-order chi connectivity index (χ0) is 13.1. The van der Waals surface area contributed by atoms with Crippen molar-refractivity contribution < 1.29 is 43.8 Å². The molecule has 1 amide bonds. The molecule has 5 nitrogen and oxygen atoms in total. The molecule has 0 unspecified atom stereocenters. The first-order valence-electron chi connectivity index (χ1n) is 5.57. The van der Waals surface area contributed by atoms with Gasteiger partial charge in [-0.2, -0.15) is 0 Å². The van der Waals surface area contributed by atoms with Crippen LogP contribution >= 0.6 is 0 Å². The van der Waals surface area contributed by atoms with Crippen molar-refractivity contribution in [2.45, 2.75) is 12.8 Å². The van der Waals surface area contributed by atoms with Crippen molar-refractivity contribution in [2.24, 2.45) is 0 Å². The molecular formula is C13H14NNaO4. The van der Waals surface area contributed by atoms with E-state index in [4.69, 9.17) is 9.47 Å². The average molecular weight is 271 g/mol. The van der Waals surface area contributed by atoms with Crippen LogP contribution in [0.1, 0.15) is 17.5 Å². The zero-order valence-corrected chi connectivity index (χ0v) is 13.3. The Bertz CT molecular complexity index is 514. The maximum Gasteiger partial charge on any atom is 1.00 e. The standard InChI is InChI=1S/C13H14NO4.Na/c1-17-11-6-8-3-4-9(13(15)14-16)5-10(8)7-12(11)18-2;/h5-7H,3-4H2,1-2H3,(H-,14,15,16);/q-1;+1. The van der Waals surface area contributed by atoms with E-state index in [1.165, 1.54) is 5.48 Å². The number of fused-ring (bicyclic) bond motifs is 1. The summed E-state index contributed by atoms with van der Waals surface area (Å²) in [6, 6.07) is 3.71. The first-order valence-corrected chi connectivity index (χ1v) is 5.57. The molecule has 1 aliphatic rings. The number of carbonyl (C=O) groups is 1. The quantitative estimate of drug-likeness (QED) is 0.545. The number of nitrogens with one attached hydrogen (secondary N) is 1. The van der Waals surface area contributed by atoms with Gasteiger partial charge in [-0.25, -0.2) is 0 Å². The minimum atomic E-state index is -0.574. The van der Waals surface area contributed by atoms with E-state index < -0.39 is 5.91 Å². The molecule has 1 aromatic rings. The molecule has 0 atom stereocenters. The SMILES string of the molecule is COc1cc2c(cc1OC)CCC(C(=O)N[O-])=C2.[Na+]. The molecule has 0 fully saturated rings. The number of benzene rings is 1. The van der Waals surface area contributed by atoms with Crippen molar-refractivity contribution in [1.82, 2.24) is 5.48 Å². The summed E-state index contributed by atoms with van der Waals surface area (Å²) < 4.78 is 10.4. The number of hydrogen-bond donors (Lipinski definition) is 1. The summed E-state index contributed by atoms with van der Waals surface area (Å²) in [7, 11) is 3.14. The maximum atomic E-state index is 11.3. The van der Waals surface area contributed by atoms with E-state index in [1.54, 1.807) is 20.3 Å². The Hall–Kier alpha value is -1.01. The second kappa shape index (κ2) is 6.96. The number of rotatable bonds is 3. The van der Waals surface area contributed by atoms with E-state index >= 15 is 0 Å². The van der Waals surface area contributed by atoms with Gasteiger partial charge in [0, 0.05) is 5.57 Å². The normalized spacial score (nSPS) is 12.7. The molecule has 19 heavy (non-hydrogen) atoms. The minimum Gasteiger partial charge on any atom is -0.759 e. The molecule has 0 heterocycles. The molecule has 1 aliphatic carbocycles. The first-order chi connectivity index (χ1) is 8.69. The predicted octanol–water partition coefficient (Wildman–Crippen LogP) is -1.35. The molecule has 0 saturated carbocycles. The third-order valence-electron chi connectivity index (χ3n) is 3.02. The van der Waals surface area contributed by atoms with Crippen LogP contribution in [-0.2, 0) is 11.2 Å². The molecule has 0 aliphatic heterocycles. The van der Waals surface area contributed by atoms with Crippen molar-refractivity contribution >= 4 is 12.0 Å². The summed E-state index contributed by atoms with van der Waals surface area (Å²) in [5.41, 5.74) is 3.86. The van der Waals surface area contributed by atoms with Crippen LogP contribution in [0.15, 0.2) is 17.7 Å². The van der Waals surface area contributed by atoms with E-state index in [0.29, 0.717) is 29.9 Å². The molecule has 0 bridgehead atoms. The van der Waals surface area contributed by atoms with Crippen LogP contribution < -0.4 is 44.5 Å². The Kier molecular flexibility index (Phi) is 5.87. The van der Waals surface area contributed by atoms with Crippen LogP contribution in [0.3, 0.4) is 0 Å². The van der Waals surface area contributed by atoms with Gasteiger partial charge in [-0.05, 0) is 42.2 Å². The van der Waals surface area contributed by atoms with Crippen LogP contribution in [0.2, 0.25) is 0 Å². The number of carbonyl (C=O) groups excluding carboxylic acids is 1. The molecule has 0 saturated heterocycles. The third kappa shape index (κ3) is 3.30. The average Bonchev–Trinajstić information content (AvgIpc) is 2.44. The van der Waals surface area contributed by atoms with Crippen molar-refractivity contribution in [1.29, 1.82) is 0 Å². The predicted molar refractivity (Wildman–Crippen MR) is 67.4 cm³/mol. The van der Waals surface area contributed by atoms with E-state index in [0.717, 1.165) is 11.1 Å². The summed E-state index contributed by atoms with van der Waals surface area (Å²) >= 11 is 0. The van der Waals surface area contributed by atoms with Gasteiger partial charge in [0.25, 0.3) is 0 Å². The van der Waals surface area contributed by atoms with Gasteiger partial charge < -0.3 is 20.2 Å². The van der Waals surface area contributed by atoms with Crippen molar-refractivity contribution in [2.75, 3.05) is 14.2 Å². The summed E-state index contributed by atoms with van der Waals surface area (Å²) in [5.74, 6) is 0.702. The molecule has 1 N–H and O–H groups in total. The van der Waals surface area contributed by atoms with Gasteiger partial charge in [-0.3, -0.25) is 4.79 Å². The van der Waals surface area contributed by atoms with E-state index in [2.05, 4.69) is 0 Å². The number of methoxy groups -OCH3 is 2. The van der Waals surface area contributed by atoms with Crippen LogP contribution in [-0.4, -0.2) is 20.1 Å². The van der Waals surface area contributed by atoms with Gasteiger partial charge in [0.1, 0.15) is 0 Å². The van der Waals surface area contributed by atoms with Crippen LogP contribution in [0, 0.1) is 5.21 Å². The van der Waals surface area contributed by atoms with Crippen LogP contribution in [0.4, 0.5) is 0 Å². The fraction of sp³-hybridized carbons (Fsp3) is 0.308. The molecule has 0 aromatic heterocycles. The Labute approximate surface area is 133 Å². The number of amides is 1. The molecule has 6 heteroatoms. The van der Waals surface area contributed by atoms with E-state index in [1.807, 2.05) is 12.1 Å². The van der Waals surface area contributed by atoms with Crippen molar-refractivity contribution in [3.05, 3.63) is 34.0 Å². The monoisotopic (exact) mass is 271 g/mol. The van der Waals surface area contributed by atoms with Crippen LogP contribution in [0.25, 0.3) is 6.08 Å². The smallest absolute Gasteiger partial charge is 0.759 e. The molecule has 0 spiro atoms. The zero-order valence-electron chi connectivity index (χ0n) is 11.3. The fourth-order valence-electron chi connectivity index (χ4n) is 2.06. The molecule has 0 radical (unpaired) electrons. The molecule has 96 valence electrons. The number of aryl methyl sites for hydroxylation is 1. The van der Waals surface area contributed by atoms with Crippen LogP contribution in [0.5, 0.6) is 11.5 Å². The van der Waals surface area contributed by atoms with Gasteiger partial charge in [0.15, 0.2) is 11.5 Å². The molecular weight excluding hydrogens is 257 g/mol. The summed E-state index contributed by atoms with van der Waals surface area (Å²) in [6.07, 6.45) is 2.97. The van der Waals surface area contributed by atoms with Crippen molar-refractivity contribution in [3.63, 3.8) is 0 Å². The van der Waals surface area contributed by atoms with Gasteiger partial charge >= 0.3 is 29.6 Å². The Morgan fingerprint density at radius 3 is 2.42 bits per heavy atom. The van der Waals surface area contributed by atoms with Gasteiger partial charge in [-0.1, -0.05) is 0 Å². The first kappa shape index (κ1) is 16.0. The van der Waals surface area contributed by atoms with Gasteiger partial charge in [0.05, 0.1) is 14.2 Å². The van der Waals surface area contributed by atoms with Gasteiger partial charge in [-0.15, -0.1) is 0 Å². The number of hydrogen-bond acceptors (Lipinski definition) is 4. The third-order valence-corrected chi connectivity index (χ3v) is 3.02. The summed E-state index contributed by atoms with van der Waals surface area (Å²) in [5, 5.41) is 10.4. The minimum absolute atomic E-state index is 0. The summed E-state index contributed by atoms with van der Waals surface area (Å²) in [4.78, 5) is 11.3. The Balaban J connectivity index is 0.00000180. The number of ether oxygens (including phenoxy) is 2. The Morgan fingerprint density at radius 2 is 1.84 bits per heavy atom. The molecule has 2 rings (SSSR count). The van der Waals surface area contributed by atoms with Crippen molar-refractivity contribution in [3.8, 4) is 11.5 Å². The fourth-order valence-corrected chi connectivity index (χ4v) is 2.06. The summed E-state index contributed by atoms with van der Waals surface area (Å²) in [6.45, 7) is 0. The second-order valence-electron chi connectivity index (χ2n) is 4.01. The number of hydroxylamine groups is 1. The Morgan fingerprint density at radius 1 is 1.21 bits per heavy atom. The van der Waals surface area contributed by atoms with E-state index in [9.17, 15) is 10.0 Å². The second-order valence-corrected chi connectivity index (χ2v) is 4.01. The largest absolute Gasteiger partial charge is 1.00 e. The van der Waals surface area contributed by atoms with Gasteiger partial charge in [0.2, 0.25) is 5.91 Å². The van der Waals surface area contributed by atoms with E-state index in [-0.39, 0.29) is 29.6 Å². The topological polar surface area (TPSA) is 70.6 Å². The maximum absolute atomic E-state index is 11.3.